The van der Waals surface area contributed by atoms with Crippen LogP contribution in [0.25, 0.3) is 0 Å². The van der Waals surface area contributed by atoms with Crippen molar-refractivity contribution < 1.29 is 114 Å². The lowest BCUT2D eigenvalue weighted by Gasteiger charge is -2.33. The van der Waals surface area contributed by atoms with Gasteiger partial charge in [-0.25, -0.2) is 8.78 Å². The second-order valence-corrected chi connectivity index (χ2v) is 34.0. The van der Waals surface area contributed by atoms with Gasteiger partial charge in [0.1, 0.15) is 60.5 Å². The van der Waals surface area contributed by atoms with Crippen LogP contribution in [0.2, 0.25) is 10.0 Å². The summed E-state index contributed by atoms with van der Waals surface area (Å²) in [5.41, 5.74) is -4.46. The van der Waals surface area contributed by atoms with E-state index >= 15 is 0 Å². The number of hydrogen-bond acceptors (Lipinski definition) is 11. The minimum atomic E-state index is -4.73. The molecule has 4 aliphatic carbocycles. The minimum Gasteiger partial charge on any atom is -0.486 e. The Morgan fingerprint density at radius 2 is 0.655 bits per heavy atom. The molecule has 0 bridgehead atoms. The SMILES string of the molecule is C#CC(=O)N(c1cccc(C(F)(F)F)c1)C(C(=O)NC1CCCCC1)c1c(Cl)cccc1Cl.C#CC(=O)N(c1cccc(C(F)(F)F)c1)C(C(=O)NC1CCCCC1)c1ccc(F)cc1F.C#CC(=O)N(c1cccc(C(F)(F)F)c1)C(C(=O)NC1CCCCC1)c1ccc2c(c1)OCCO2.C#CC(=O)N(c1cccc(C(F)(F)F)c1)C(C(=O)NC1CCCCC1)c1cccc(Oc2ccccc2)c1. The van der Waals surface area contributed by atoms with E-state index in [-0.39, 0.29) is 62.5 Å². The molecule has 1 aliphatic heterocycles. The van der Waals surface area contributed by atoms with Crippen LogP contribution in [0.15, 0.2) is 206 Å². The number of carbonyl (C=O) groups is 8. The summed E-state index contributed by atoms with van der Waals surface area (Å²) >= 11 is 12.7. The topological polar surface area (TPSA) is 225 Å². The van der Waals surface area contributed by atoms with E-state index < -0.39 is 136 Å². The maximum absolute atomic E-state index is 14.8. The Bertz CT molecular complexity index is 6030. The highest BCUT2D eigenvalue weighted by molar-refractivity contribution is 6.37. The number of fused-ring (bicyclic) bond motifs is 1. The van der Waals surface area contributed by atoms with Gasteiger partial charge in [0, 0.05) is 74.2 Å². The lowest BCUT2D eigenvalue weighted by molar-refractivity contribution is -0.138. The van der Waals surface area contributed by atoms with Crippen LogP contribution < -0.4 is 55.1 Å². The number of terminal acetylenes is 4. The summed E-state index contributed by atoms with van der Waals surface area (Å²) in [4.78, 5) is 109. The van der Waals surface area contributed by atoms with Gasteiger partial charge in [-0.05, 0) is 214 Å². The van der Waals surface area contributed by atoms with E-state index in [0.717, 1.165) is 203 Å². The van der Waals surface area contributed by atoms with Crippen LogP contribution in [0.5, 0.6) is 23.0 Å². The van der Waals surface area contributed by atoms with E-state index in [9.17, 15) is 99.8 Å². The van der Waals surface area contributed by atoms with Crippen molar-refractivity contribution in [3.05, 3.63) is 272 Å². The molecular formula is C104H94Cl2F14N8O11. The Morgan fingerprint density at radius 1 is 0.338 bits per heavy atom. The van der Waals surface area contributed by atoms with Gasteiger partial charge >= 0.3 is 48.3 Å². The Morgan fingerprint density at radius 3 is 1.01 bits per heavy atom. The lowest BCUT2D eigenvalue weighted by Crippen LogP contribution is -2.47. The van der Waals surface area contributed by atoms with Gasteiger partial charge in [-0.2, -0.15) is 52.7 Å². The average molecular weight is 1970 g/mol. The van der Waals surface area contributed by atoms with E-state index in [0.29, 0.717) is 77.2 Å². The fraction of sp³-hybridized carbons (Fsp3) is 0.327. The van der Waals surface area contributed by atoms with Crippen molar-refractivity contribution >= 4 is 93.2 Å². The summed E-state index contributed by atoms with van der Waals surface area (Å²) in [6, 6.07) is 36.8. The molecule has 4 N–H and O–H groups in total. The molecule has 8 amide bonds. The number of nitrogens with one attached hydrogen (secondary N) is 4. The first kappa shape index (κ1) is 105. The maximum Gasteiger partial charge on any atom is 0.416 e. The van der Waals surface area contributed by atoms with Crippen molar-refractivity contribution in [2.24, 2.45) is 0 Å². The Labute approximate surface area is 803 Å². The summed E-state index contributed by atoms with van der Waals surface area (Å²) in [6.07, 6.45) is 20.3. The van der Waals surface area contributed by atoms with Crippen LogP contribution >= 0.6 is 23.2 Å². The molecule has 728 valence electrons. The summed E-state index contributed by atoms with van der Waals surface area (Å²) < 4.78 is 206. The zero-order chi connectivity index (χ0) is 100. The van der Waals surface area contributed by atoms with Crippen molar-refractivity contribution in [1.29, 1.82) is 0 Å². The normalized spacial score (nSPS) is 15.5. The maximum atomic E-state index is 14.8. The van der Waals surface area contributed by atoms with Crippen LogP contribution in [0, 0.1) is 61.0 Å². The predicted molar refractivity (Wildman–Crippen MR) is 495 cm³/mol. The predicted octanol–water partition coefficient (Wildman–Crippen LogP) is 22.6. The number of alkyl halides is 12. The molecule has 4 atom stereocenters. The fourth-order valence-corrected chi connectivity index (χ4v) is 17.6. The number of rotatable bonds is 22. The first-order chi connectivity index (χ1) is 66.3. The highest BCUT2D eigenvalue weighted by Crippen LogP contribution is 2.45. The summed E-state index contributed by atoms with van der Waals surface area (Å²) in [7, 11) is 0. The van der Waals surface area contributed by atoms with E-state index in [1.165, 1.54) is 42.5 Å². The molecule has 35 heteroatoms. The minimum absolute atomic E-state index is 0.0769. The molecule has 0 aromatic heterocycles. The van der Waals surface area contributed by atoms with Crippen molar-refractivity contribution in [1.82, 2.24) is 21.3 Å². The quantitative estimate of drug-likeness (QED) is 0.0369. The smallest absolute Gasteiger partial charge is 0.416 e. The third kappa shape index (κ3) is 28.4. The highest BCUT2D eigenvalue weighted by Gasteiger charge is 2.44. The molecule has 139 heavy (non-hydrogen) atoms. The number of amides is 8. The van der Waals surface area contributed by atoms with Crippen LogP contribution in [-0.4, -0.2) is 84.6 Å². The van der Waals surface area contributed by atoms with Gasteiger partial charge in [-0.15, -0.1) is 25.7 Å². The van der Waals surface area contributed by atoms with Crippen molar-refractivity contribution in [3.63, 3.8) is 0 Å². The van der Waals surface area contributed by atoms with Crippen LogP contribution in [-0.2, 0) is 63.1 Å². The number of ether oxygens (including phenoxy) is 3. The monoisotopic (exact) mass is 1970 g/mol. The van der Waals surface area contributed by atoms with Crippen LogP contribution in [0.4, 0.5) is 84.2 Å². The molecule has 19 nitrogen and oxygen atoms in total. The Balaban J connectivity index is 0.000000178. The molecular weight excluding hydrogens is 1870 g/mol. The first-order valence-electron chi connectivity index (χ1n) is 44.5. The molecule has 9 aromatic carbocycles. The first-order valence-corrected chi connectivity index (χ1v) is 45.3. The summed E-state index contributed by atoms with van der Waals surface area (Å²) in [5.74, 6) is 0.822. The number of carbonyl (C=O) groups excluding carboxylic acids is 8. The van der Waals surface area contributed by atoms with E-state index in [1.54, 1.807) is 78.7 Å². The van der Waals surface area contributed by atoms with Crippen molar-refractivity contribution in [2.75, 3.05) is 32.8 Å². The number of anilines is 4. The van der Waals surface area contributed by atoms with Crippen molar-refractivity contribution in [3.8, 4) is 72.4 Å². The third-order valence-corrected chi connectivity index (χ3v) is 24.2. The van der Waals surface area contributed by atoms with Gasteiger partial charge in [-0.1, -0.05) is 173 Å². The second kappa shape index (κ2) is 48.3. The summed E-state index contributed by atoms with van der Waals surface area (Å²) in [6.45, 7) is 0.667. The number of halogens is 16. The fourth-order valence-electron chi connectivity index (χ4n) is 17.0. The molecule has 0 saturated heterocycles. The lowest BCUT2D eigenvalue weighted by atomic mass is 9.94. The number of hydrogen-bond donors (Lipinski definition) is 4. The van der Waals surface area contributed by atoms with Crippen LogP contribution in [0.1, 0.15) is 197 Å². The van der Waals surface area contributed by atoms with Crippen LogP contribution in [0.3, 0.4) is 0 Å². The van der Waals surface area contributed by atoms with Gasteiger partial charge in [0.2, 0.25) is 23.6 Å². The third-order valence-electron chi connectivity index (χ3n) is 23.6. The van der Waals surface area contributed by atoms with Crippen molar-refractivity contribution in [2.45, 2.75) is 201 Å². The highest BCUT2D eigenvalue weighted by atomic mass is 35.5. The van der Waals surface area contributed by atoms with E-state index in [4.69, 9.17) is 63.1 Å². The Hall–Kier alpha value is -14.0. The number of nitrogens with zero attached hydrogens (tertiary/aromatic N) is 4. The Kier molecular flexibility index (Phi) is 36.7. The molecule has 4 fully saturated rings. The summed E-state index contributed by atoms with van der Waals surface area (Å²) in [5, 5.41) is 11.8. The van der Waals surface area contributed by atoms with E-state index in [1.807, 2.05) is 23.8 Å². The van der Waals surface area contributed by atoms with E-state index in [2.05, 4.69) is 21.3 Å². The van der Waals surface area contributed by atoms with Gasteiger partial charge in [0.15, 0.2) is 11.5 Å². The van der Waals surface area contributed by atoms with Gasteiger partial charge in [0.05, 0.1) is 22.3 Å². The second-order valence-electron chi connectivity index (χ2n) is 33.1. The zero-order valence-electron chi connectivity index (χ0n) is 74.4. The standard InChI is InChI=1S/C30H27F3N2O3.C26H25F3N2O4.C24H21Cl2F3N2O2.C24H21F5N2O2/c1-2-27(36)35(24-15-10-12-22(20-24)30(31,32)33)28(29(37)34-23-13-5-3-6-14-23)21-11-9-18-26(19-21)38-25-16-7-4-8-17-25;1-2-23(32)31(20-10-6-7-18(16-20)26(27,28)29)24(25(33)30-19-8-4-3-5-9-19)17-11-12-21-22(15-17)35-14-13-34-21;1-2-20(32)31(17-11-6-8-15(14-17)24(27,28)29)22(21-18(25)12-7-13-19(21)26)23(33)30-16-9-4-3-5-10-16;1-2-21(32)31(18-10-6-7-15(13-18)24(27,28)29)22(19-12-11-16(25)14-20(19)26)23(33)30-17-8-4-3-5-9-17/h1,4,7-12,15-20,23,28H,3,5-6,13-14H2,(H,34,37);1,6-7,10-12,15-16,19,24H,3-5,8-9,13-14H2,(H,30,33);1,6-8,11-14,16,22H,3-5,9-10H2,(H,30,33);1,6-7,10-14,17,22H,3-5,8-9H2,(H,30,33). The van der Waals surface area contributed by atoms with Gasteiger partial charge < -0.3 is 35.5 Å². The number of benzene rings is 9. The van der Waals surface area contributed by atoms with Gasteiger partial charge in [0.25, 0.3) is 0 Å². The average Bonchev–Trinajstić information content (AvgIpc) is 0.783. The zero-order valence-corrected chi connectivity index (χ0v) is 76.0. The molecule has 0 spiro atoms. The molecule has 4 saturated carbocycles. The molecule has 5 aliphatic rings. The molecule has 1 heterocycles. The molecule has 9 aromatic rings. The largest absolute Gasteiger partial charge is 0.486 e. The van der Waals surface area contributed by atoms with Gasteiger partial charge in [-0.3, -0.25) is 58.0 Å². The molecule has 0 radical (unpaired) electrons. The number of para-hydroxylation sites is 1. The molecule has 4 unspecified atom stereocenters. The molecule has 14 rings (SSSR count).